The zero-order valence-corrected chi connectivity index (χ0v) is 13.2. The molecule has 2 rings (SSSR count). The molecule has 2 aromatic rings. The van der Waals surface area contributed by atoms with Gasteiger partial charge < -0.3 is 5.73 Å². The van der Waals surface area contributed by atoms with E-state index in [0.717, 1.165) is 27.4 Å². The molecule has 1 unspecified atom stereocenters. The maximum atomic E-state index is 6.36. The smallest absolute Gasteiger partial charge is 0.0661 e. The van der Waals surface area contributed by atoms with Gasteiger partial charge in [0.15, 0.2) is 0 Å². The second-order valence-corrected chi connectivity index (χ2v) is 6.71. The molecule has 0 fully saturated rings. The van der Waals surface area contributed by atoms with Gasteiger partial charge in [0.25, 0.3) is 0 Å². The molecule has 2 N–H and O–H groups in total. The van der Waals surface area contributed by atoms with E-state index in [1.807, 2.05) is 6.92 Å². The molecule has 1 aromatic carbocycles. The lowest BCUT2D eigenvalue weighted by Gasteiger charge is -2.13. The van der Waals surface area contributed by atoms with Crippen molar-refractivity contribution in [1.29, 1.82) is 0 Å². The van der Waals surface area contributed by atoms with Crippen LogP contribution in [0.5, 0.6) is 0 Å². The molecule has 0 spiro atoms. The number of halogens is 1. The number of aryl methyl sites for hydroxylation is 1. The van der Waals surface area contributed by atoms with Crippen molar-refractivity contribution < 1.29 is 0 Å². The normalized spacial score (nSPS) is 12.9. The van der Waals surface area contributed by atoms with Crippen LogP contribution < -0.4 is 5.73 Å². The Kier molecular flexibility index (Phi) is 4.67. The van der Waals surface area contributed by atoms with Gasteiger partial charge in [-0.05, 0) is 41.3 Å². The van der Waals surface area contributed by atoms with E-state index in [0.29, 0.717) is 5.92 Å². The lowest BCUT2D eigenvalue weighted by atomic mass is 9.98. The van der Waals surface area contributed by atoms with E-state index in [4.69, 9.17) is 17.3 Å². The van der Waals surface area contributed by atoms with Gasteiger partial charge in [-0.15, -0.1) is 11.3 Å². The number of hydrogen-bond acceptors (Lipinski definition) is 2. The van der Waals surface area contributed by atoms with Gasteiger partial charge in [-0.1, -0.05) is 49.7 Å². The third-order valence-corrected chi connectivity index (χ3v) is 4.96. The maximum absolute atomic E-state index is 6.36. The second kappa shape index (κ2) is 6.08. The zero-order chi connectivity index (χ0) is 14.0. The lowest BCUT2D eigenvalue weighted by molar-refractivity contribution is 0.646. The molecule has 0 saturated carbocycles. The van der Waals surface area contributed by atoms with E-state index in [9.17, 15) is 0 Å². The Morgan fingerprint density at radius 1 is 1.32 bits per heavy atom. The minimum Gasteiger partial charge on any atom is -0.320 e. The molecule has 1 nitrogen and oxygen atoms in total. The van der Waals surface area contributed by atoms with Crippen molar-refractivity contribution in [2.24, 2.45) is 11.7 Å². The van der Waals surface area contributed by atoms with E-state index >= 15 is 0 Å². The van der Waals surface area contributed by atoms with Crippen molar-refractivity contribution in [3.63, 3.8) is 0 Å². The standard InChI is InChI=1S/C16H20ClNS/c1-10(2)7-12-5-4-6-13(8-12)15(18)16-14(17)11(3)9-19-16/h4-6,8-10,15H,7,18H2,1-3H3. The molecule has 0 radical (unpaired) electrons. The highest BCUT2D eigenvalue weighted by Crippen LogP contribution is 2.34. The molecule has 0 aliphatic heterocycles. The summed E-state index contributed by atoms with van der Waals surface area (Å²) in [4.78, 5) is 1.06. The summed E-state index contributed by atoms with van der Waals surface area (Å²) in [6.45, 7) is 6.47. The highest BCUT2D eigenvalue weighted by molar-refractivity contribution is 7.10. The topological polar surface area (TPSA) is 26.0 Å². The summed E-state index contributed by atoms with van der Waals surface area (Å²) in [5.41, 5.74) is 9.94. The first-order valence-corrected chi connectivity index (χ1v) is 7.82. The molecule has 102 valence electrons. The Morgan fingerprint density at radius 3 is 2.63 bits per heavy atom. The number of rotatable bonds is 4. The van der Waals surface area contributed by atoms with E-state index in [1.54, 1.807) is 11.3 Å². The minimum atomic E-state index is -0.127. The Balaban J connectivity index is 2.28. The molecule has 1 atom stereocenters. The average Bonchev–Trinajstić information content (AvgIpc) is 2.69. The van der Waals surface area contributed by atoms with Crippen LogP contribution in [-0.4, -0.2) is 0 Å². The molecule has 0 aliphatic rings. The van der Waals surface area contributed by atoms with E-state index < -0.39 is 0 Å². The van der Waals surface area contributed by atoms with Crippen LogP contribution in [0.4, 0.5) is 0 Å². The maximum Gasteiger partial charge on any atom is 0.0661 e. The largest absolute Gasteiger partial charge is 0.320 e. The van der Waals surface area contributed by atoms with Gasteiger partial charge in [0.1, 0.15) is 0 Å². The molecular weight excluding hydrogens is 274 g/mol. The Morgan fingerprint density at radius 2 is 2.05 bits per heavy atom. The first kappa shape index (κ1) is 14.6. The van der Waals surface area contributed by atoms with Crippen LogP contribution in [0.1, 0.15) is 41.5 Å². The van der Waals surface area contributed by atoms with Crippen LogP contribution in [0.3, 0.4) is 0 Å². The van der Waals surface area contributed by atoms with Crippen LogP contribution in [0, 0.1) is 12.8 Å². The van der Waals surface area contributed by atoms with E-state index in [-0.39, 0.29) is 6.04 Å². The van der Waals surface area contributed by atoms with Gasteiger partial charge in [0, 0.05) is 4.88 Å². The van der Waals surface area contributed by atoms with Crippen LogP contribution in [0.2, 0.25) is 5.02 Å². The fourth-order valence-corrected chi connectivity index (χ4v) is 3.53. The Bertz CT molecular complexity index is 560. The molecule has 1 heterocycles. The number of nitrogens with two attached hydrogens (primary N) is 1. The second-order valence-electron chi connectivity index (χ2n) is 5.42. The van der Waals surface area contributed by atoms with E-state index in [1.165, 1.54) is 5.56 Å². The van der Waals surface area contributed by atoms with Crippen LogP contribution in [0.25, 0.3) is 0 Å². The third-order valence-electron chi connectivity index (χ3n) is 3.16. The number of benzene rings is 1. The number of thiophene rings is 1. The first-order valence-electron chi connectivity index (χ1n) is 6.57. The summed E-state index contributed by atoms with van der Waals surface area (Å²) in [7, 11) is 0. The van der Waals surface area contributed by atoms with Gasteiger partial charge in [-0.2, -0.15) is 0 Å². The molecule has 0 amide bonds. The Labute approximate surface area is 124 Å². The minimum absolute atomic E-state index is 0.127. The monoisotopic (exact) mass is 293 g/mol. The highest BCUT2D eigenvalue weighted by atomic mass is 35.5. The SMILES string of the molecule is Cc1csc(C(N)c2cccc(CC(C)C)c2)c1Cl. The van der Waals surface area contributed by atoms with Crippen LogP contribution in [-0.2, 0) is 6.42 Å². The molecular formula is C16H20ClNS. The van der Waals surface area contributed by atoms with Crippen molar-refractivity contribution in [2.75, 3.05) is 0 Å². The Hall–Kier alpha value is -0.830. The van der Waals surface area contributed by atoms with Crippen molar-refractivity contribution >= 4 is 22.9 Å². The molecule has 0 aliphatic carbocycles. The summed E-state index contributed by atoms with van der Waals surface area (Å²) in [5.74, 6) is 0.652. The number of hydrogen-bond donors (Lipinski definition) is 1. The summed E-state index contributed by atoms with van der Waals surface area (Å²) < 4.78 is 0. The molecule has 0 bridgehead atoms. The van der Waals surface area contributed by atoms with Crippen molar-refractivity contribution in [1.82, 2.24) is 0 Å². The average molecular weight is 294 g/mol. The quantitative estimate of drug-likeness (QED) is 0.847. The van der Waals surface area contributed by atoms with Gasteiger partial charge in [0.05, 0.1) is 11.1 Å². The molecule has 3 heteroatoms. The van der Waals surface area contributed by atoms with Crippen LogP contribution >= 0.6 is 22.9 Å². The van der Waals surface area contributed by atoms with Crippen molar-refractivity contribution in [3.05, 3.63) is 56.2 Å². The van der Waals surface area contributed by atoms with Gasteiger partial charge in [-0.25, -0.2) is 0 Å². The molecule has 19 heavy (non-hydrogen) atoms. The van der Waals surface area contributed by atoms with E-state index in [2.05, 4.69) is 43.5 Å². The van der Waals surface area contributed by atoms with Gasteiger partial charge in [0.2, 0.25) is 0 Å². The predicted octanol–water partition coefficient (Wildman–Crippen LogP) is 4.96. The van der Waals surface area contributed by atoms with Crippen LogP contribution in [0.15, 0.2) is 29.6 Å². The zero-order valence-electron chi connectivity index (χ0n) is 11.6. The molecule has 0 saturated heterocycles. The lowest BCUT2D eigenvalue weighted by Crippen LogP contribution is -2.11. The van der Waals surface area contributed by atoms with Gasteiger partial charge in [-0.3, -0.25) is 0 Å². The summed E-state index contributed by atoms with van der Waals surface area (Å²) in [6.07, 6.45) is 1.08. The fourth-order valence-electron chi connectivity index (χ4n) is 2.20. The summed E-state index contributed by atoms with van der Waals surface area (Å²) in [5, 5.41) is 2.88. The predicted molar refractivity (Wildman–Crippen MR) is 85.1 cm³/mol. The first-order chi connectivity index (χ1) is 8.99. The fraction of sp³-hybridized carbons (Fsp3) is 0.375. The van der Waals surface area contributed by atoms with Crippen molar-refractivity contribution in [2.45, 2.75) is 33.2 Å². The van der Waals surface area contributed by atoms with Gasteiger partial charge >= 0.3 is 0 Å². The van der Waals surface area contributed by atoms with Crippen molar-refractivity contribution in [3.8, 4) is 0 Å². The third kappa shape index (κ3) is 3.38. The summed E-state index contributed by atoms with van der Waals surface area (Å²) in [6, 6.07) is 8.41. The highest BCUT2D eigenvalue weighted by Gasteiger charge is 2.16. The summed E-state index contributed by atoms with van der Waals surface area (Å²) >= 11 is 7.95. The molecule has 1 aromatic heterocycles.